The molecule has 6 heteroatoms. The number of carbonyl (C=O) groups is 1. The largest absolute Gasteiger partial charge is 0.416 e. The number of rotatable bonds is 2. The number of alkyl halides is 3. The fourth-order valence-electron chi connectivity index (χ4n) is 1.78. The first-order valence-corrected chi connectivity index (χ1v) is 5.85. The van der Waals surface area contributed by atoms with Crippen LogP contribution in [0.2, 0.25) is 0 Å². The summed E-state index contributed by atoms with van der Waals surface area (Å²) in [6, 6.07) is 4.41. The number of carbonyl (C=O) groups excluding carboxylic acids is 1. The van der Waals surface area contributed by atoms with Gasteiger partial charge in [-0.3, -0.25) is 4.79 Å². The molecular formula is C13H13F3N2O. The van der Waals surface area contributed by atoms with E-state index in [1.165, 1.54) is 12.1 Å². The van der Waals surface area contributed by atoms with Crippen molar-refractivity contribution in [1.82, 2.24) is 5.32 Å². The van der Waals surface area contributed by atoms with E-state index in [0.717, 1.165) is 18.7 Å². The van der Waals surface area contributed by atoms with E-state index in [1.807, 2.05) is 0 Å². The van der Waals surface area contributed by atoms with Crippen LogP contribution < -0.4 is 10.6 Å². The zero-order valence-electron chi connectivity index (χ0n) is 10.1. The van der Waals surface area contributed by atoms with Gasteiger partial charge < -0.3 is 10.6 Å². The Bertz CT molecular complexity index is 492. The summed E-state index contributed by atoms with van der Waals surface area (Å²) in [4.78, 5) is 11.8. The van der Waals surface area contributed by atoms with E-state index < -0.39 is 11.7 Å². The number of amides is 1. The Balaban J connectivity index is 2.03. The minimum atomic E-state index is -4.36. The molecule has 0 unspecified atom stereocenters. The van der Waals surface area contributed by atoms with E-state index >= 15 is 0 Å². The highest BCUT2D eigenvalue weighted by Gasteiger charge is 2.30. The molecule has 0 bridgehead atoms. The van der Waals surface area contributed by atoms with Crippen LogP contribution in [0.1, 0.15) is 12.0 Å². The summed E-state index contributed by atoms with van der Waals surface area (Å²) in [5, 5.41) is 5.66. The Labute approximate surface area is 108 Å². The fourth-order valence-corrected chi connectivity index (χ4v) is 1.78. The van der Waals surface area contributed by atoms with Crippen LogP contribution in [0.25, 0.3) is 0 Å². The fraction of sp³-hybridized carbons (Fsp3) is 0.308. The van der Waals surface area contributed by atoms with E-state index in [2.05, 4.69) is 10.6 Å². The Morgan fingerprint density at radius 3 is 2.42 bits per heavy atom. The van der Waals surface area contributed by atoms with Crippen molar-refractivity contribution in [1.29, 1.82) is 0 Å². The second kappa shape index (κ2) is 5.44. The molecule has 0 saturated carbocycles. The summed E-state index contributed by atoms with van der Waals surface area (Å²) in [7, 11) is 0. The molecule has 0 fully saturated rings. The van der Waals surface area contributed by atoms with Gasteiger partial charge >= 0.3 is 6.18 Å². The van der Waals surface area contributed by atoms with Gasteiger partial charge in [-0.2, -0.15) is 13.2 Å². The molecule has 102 valence electrons. The van der Waals surface area contributed by atoms with E-state index in [-0.39, 0.29) is 5.91 Å². The zero-order chi connectivity index (χ0) is 13.9. The summed E-state index contributed by atoms with van der Waals surface area (Å²) >= 11 is 0. The molecular weight excluding hydrogens is 257 g/mol. The van der Waals surface area contributed by atoms with E-state index in [9.17, 15) is 18.0 Å². The molecule has 3 nitrogen and oxygen atoms in total. The van der Waals surface area contributed by atoms with Crippen molar-refractivity contribution < 1.29 is 18.0 Å². The van der Waals surface area contributed by atoms with Crippen LogP contribution in [-0.2, 0) is 11.0 Å². The molecule has 1 heterocycles. The highest BCUT2D eigenvalue weighted by atomic mass is 19.4. The first-order chi connectivity index (χ1) is 8.97. The SMILES string of the molecule is O=C(Nc1ccc(C(F)(F)F)cc1)C1=CCNCC1. The molecule has 1 aliphatic rings. The molecule has 1 aromatic carbocycles. The Kier molecular flexibility index (Phi) is 3.90. The summed E-state index contributed by atoms with van der Waals surface area (Å²) in [6.07, 6.45) is -1.96. The molecule has 0 saturated heterocycles. The van der Waals surface area contributed by atoms with Crippen molar-refractivity contribution in [3.8, 4) is 0 Å². The topological polar surface area (TPSA) is 41.1 Å². The van der Waals surface area contributed by atoms with Crippen LogP contribution in [0, 0.1) is 0 Å². The molecule has 0 spiro atoms. The molecule has 0 radical (unpaired) electrons. The summed E-state index contributed by atoms with van der Waals surface area (Å²) < 4.78 is 37.1. The van der Waals surface area contributed by atoms with Crippen molar-refractivity contribution in [3.63, 3.8) is 0 Å². The minimum absolute atomic E-state index is 0.263. The van der Waals surface area contributed by atoms with Crippen molar-refractivity contribution in [2.45, 2.75) is 12.6 Å². The molecule has 0 aromatic heterocycles. The molecule has 0 aliphatic carbocycles. The summed E-state index contributed by atoms with van der Waals surface area (Å²) in [5.74, 6) is -0.263. The lowest BCUT2D eigenvalue weighted by molar-refractivity contribution is -0.137. The van der Waals surface area contributed by atoms with E-state index in [4.69, 9.17) is 0 Å². The van der Waals surface area contributed by atoms with Gasteiger partial charge in [0, 0.05) is 17.8 Å². The van der Waals surface area contributed by atoms with Gasteiger partial charge in [0.15, 0.2) is 0 Å². The third-order valence-corrected chi connectivity index (χ3v) is 2.83. The van der Waals surface area contributed by atoms with Crippen molar-refractivity contribution in [3.05, 3.63) is 41.5 Å². The average molecular weight is 270 g/mol. The van der Waals surface area contributed by atoms with Gasteiger partial charge in [0.2, 0.25) is 0 Å². The van der Waals surface area contributed by atoms with Gasteiger partial charge in [0.05, 0.1) is 5.56 Å². The lowest BCUT2D eigenvalue weighted by Gasteiger charge is -2.14. The summed E-state index contributed by atoms with van der Waals surface area (Å²) in [6.45, 7) is 1.36. The highest BCUT2D eigenvalue weighted by Crippen LogP contribution is 2.29. The maximum Gasteiger partial charge on any atom is 0.416 e. The minimum Gasteiger partial charge on any atom is -0.322 e. The van der Waals surface area contributed by atoms with Crippen molar-refractivity contribution >= 4 is 11.6 Å². The molecule has 2 N–H and O–H groups in total. The zero-order valence-corrected chi connectivity index (χ0v) is 10.1. The maximum atomic E-state index is 12.4. The Hall–Kier alpha value is -1.82. The van der Waals surface area contributed by atoms with Crippen molar-refractivity contribution in [2.24, 2.45) is 0 Å². The van der Waals surface area contributed by atoms with Crippen LogP contribution >= 0.6 is 0 Å². The second-order valence-electron chi connectivity index (χ2n) is 4.21. The smallest absolute Gasteiger partial charge is 0.322 e. The summed E-state index contributed by atoms with van der Waals surface area (Å²) in [5.41, 5.74) is 0.280. The lowest BCUT2D eigenvalue weighted by Crippen LogP contribution is -2.26. The van der Waals surface area contributed by atoms with Gasteiger partial charge in [0.1, 0.15) is 0 Å². The van der Waals surface area contributed by atoms with Gasteiger partial charge in [-0.15, -0.1) is 0 Å². The monoisotopic (exact) mass is 270 g/mol. The first kappa shape index (κ1) is 13.6. The molecule has 0 atom stereocenters. The predicted molar refractivity (Wildman–Crippen MR) is 65.6 cm³/mol. The average Bonchev–Trinajstić information content (AvgIpc) is 2.39. The first-order valence-electron chi connectivity index (χ1n) is 5.85. The number of benzene rings is 1. The Morgan fingerprint density at radius 1 is 1.21 bits per heavy atom. The number of halogens is 3. The van der Waals surface area contributed by atoms with Crippen LogP contribution in [0.5, 0.6) is 0 Å². The number of hydrogen-bond donors (Lipinski definition) is 2. The van der Waals surface area contributed by atoms with E-state index in [1.54, 1.807) is 6.08 Å². The second-order valence-corrected chi connectivity index (χ2v) is 4.21. The normalized spacial score (nSPS) is 15.8. The van der Waals surface area contributed by atoms with E-state index in [0.29, 0.717) is 24.2 Å². The molecule has 2 rings (SSSR count). The molecule has 1 aliphatic heterocycles. The van der Waals surface area contributed by atoms with Crippen LogP contribution in [-0.4, -0.2) is 19.0 Å². The molecule has 1 aromatic rings. The number of hydrogen-bond acceptors (Lipinski definition) is 2. The lowest BCUT2D eigenvalue weighted by atomic mass is 10.1. The van der Waals surface area contributed by atoms with Gasteiger partial charge in [-0.1, -0.05) is 6.08 Å². The van der Waals surface area contributed by atoms with Crippen LogP contribution in [0.4, 0.5) is 18.9 Å². The Morgan fingerprint density at radius 2 is 1.89 bits per heavy atom. The van der Waals surface area contributed by atoms with Gasteiger partial charge in [-0.05, 0) is 37.2 Å². The van der Waals surface area contributed by atoms with Crippen molar-refractivity contribution in [2.75, 3.05) is 18.4 Å². The quantitative estimate of drug-likeness (QED) is 0.867. The maximum absolute atomic E-state index is 12.4. The van der Waals surface area contributed by atoms with Gasteiger partial charge in [0.25, 0.3) is 5.91 Å². The number of anilines is 1. The molecule has 19 heavy (non-hydrogen) atoms. The molecule has 1 amide bonds. The van der Waals surface area contributed by atoms with Crippen LogP contribution in [0.3, 0.4) is 0 Å². The third-order valence-electron chi connectivity index (χ3n) is 2.83. The highest BCUT2D eigenvalue weighted by molar-refractivity contribution is 6.03. The third kappa shape index (κ3) is 3.57. The van der Waals surface area contributed by atoms with Crippen LogP contribution in [0.15, 0.2) is 35.9 Å². The predicted octanol–water partition coefficient (Wildman–Crippen LogP) is 2.56. The number of nitrogens with one attached hydrogen (secondary N) is 2. The van der Waals surface area contributed by atoms with Gasteiger partial charge in [-0.25, -0.2) is 0 Å². The standard InChI is InChI=1S/C13H13F3N2O/c14-13(15,16)10-1-3-11(4-2-10)18-12(19)9-5-7-17-8-6-9/h1-5,17H,6-8H2,(H,18,19).